The van der Waals surface area contributed by atoms with E-state index in [-0.39, 0.29) is 12.5 Å². The summed E-state index contributed by atoms with van der Waals surface area (Å²) in [4.78, 5) is 25.3. The standard InChI is InChI=1S/C17H23NO5/c1-17(2,3)23-16(21)18-9-12(13(10-18)15(19)20)11-7-5-6-8-14(11)22-4/h5-8,12-13H,9-10H2,1-4H3,(H,19,20)/t12-,13+/m1/s1. The zero-order chi connectivity index (χ0) is 17.2. The van der Waals surface area contributed by atoms with E-state index in [2.05, 4.69) is 0 Å². The Labute approximate surface area is 136 Å². The largest absolute Gasteiger partial charge is 0.496 e. The van der Waals surface area contributed by atoms with Gasteiger partial charge in [-0.1, -0.05) is 18.2 Å². The van der Waals surface area contributed by atoms with E-state index in [1.54, 1.807) is 33.9 Å². The van der Waals surface area contributed by atoms with E-state index in [0.717, 1.165) is 5.56 Å². The second-order valence-corrected chi connectivity index (χ2v) is 6.68. The van der Waals surface area contributed by atoms with Gasteiger partial charge in [-0.05, 0) is 32.4 Å². The van der Waals surface area contributed by atoms with Gasteiger partial charge in [0.15, 0.2) is 0 Å². The van der Waals surface area contributed by atoms with Crippen molar-refractivity contribution in [3.8, 4) is 5.75 Å². The van der Waals surface area contributed by atoms with Gasteiger partial charge in [0, 0.05) is 19.0 Å². The minimum atomic E-state index is -0.924. The molecule has 0 bridgehead atoms. The Hall–Kier alpha value is -2.24. The topological polar surface area (TPSA) is 76.1 Å². The molecule has 2 rings (SSSR count). The van der Waals surface area contributed by atoms with Gasteiger partial charge in [-0.3, -0.25) is 4.79 Å². The summed E-state index contributed by atoms with van der Waals surface area (Å²) >= 11 is 0. The maximum atomic E-state index is 12.2. The Morgan fingerprint density at radius 1 is 1.22 bits per heavy atom. The fourth-order valence-corrected chi connectivity index (χ4v) is 2.82. The molecule has 1 heterocycles. The summed E-state index contributed by atoms with van der Waals surface area (Å²) in [6, 6.07) is 7.31. The molecule has 0 spiro atoms. The molecule has 2 atom stereocenters. The molecule has 0 aromatic heterocycles. The smallest absolute Gasteiger partial charge is 0.410 e. The normalized spacial score (nSPS) is 21.1. The van der Waals surface area contributed by atoms with Crippen LogP contribution in [0.2, 0.25) is 0 Å². The van der Waals surface area contributed by atoms with Gasteiger partial charge in [0.2, 0.25) is 0 Å². The molecule has 0 saturated carbocycles. The third-order valence-corrected chi connectivity index (χ3v) is 3.83. The zero-order valence-corrected chi connectivity index (χ0v) is 13.9. The molecule has 1 aromatic carbocycles. The lowest BCUT2D eigenvalue weighted by atomic mass is 9.88. The number of hydrogen-bond acceptors (Lipinski definition) is 4. The third-order valence-electron chi connectivity index (χ3n) is 3.83. The van der Waals surface area contributed by atoms with Crippen molar-refractivity contribution in [1.29, 1.82) is 0 Å². The van der Waals surface area contributed by atoms with Crippen molar-refractivity contribution in [3.05, 3.63) is 29.8 Å². The van der Waals surface area contributed by atoms with Crippen LogP contribution >= 0.6 is 0 Å². The SMILES string of the molecule is COc1ccccc1[C@H]1CN(C(=O)OC(C)(C)C)C[C@@H]1C(=O)O. The Bertz CT molecular complexity index is 593. The van der Waals surface area contributed by atoms with E-state index in [0.29, 0.717) is 12.3 Å². The van der Waals surface area contributed by atoms with Crippen LogP contribution in [0.3, 0.4) is 0 Å². The van der Waals surface area contributed by atoms with Crippen molar-refractivity contribution in [2.45, 2.75) is 32.3 Å². The first-order chi connectivity index (χ1) is 10.7. The summed E-state index contributed by atoms with van der Waals surface area (Å²) in [6.07, 6.45) is -0.485. The van der Waals surface area contributed by atoms with Gasteiger partial charge < -0.3 is 19.5 Å². The lowest BCUT2D eigenvalue weighted by molar-refractivity contribution is -0.141. The quantitative estimate of drug-likeness (QED) is 0.926. The van der Waals surface area contributed by atoms with Crippen LogP contribution in [-0.4, -0.2) is 47.9 Å². The highest BCUT2D eigenvalue weighted by molar-refractivity contribution is 5.76. The van der Waals surface area contributed by atoms with Crippen molar-refractivity contribution in [2.24, 2.45) is 5.92 Å². The number of aliphatic carboxylic acids is 1. The van der Waals surface area contributed by atoms with Gasteiger partial charge in [-0.2, -0.15) is 0 Å². The molecular formula is C17H23NO5. The zero-order valence-electron chi connectivity index (χ0n) is 13.9. The average molecular weight is 321 g/mol. The number of ether oxygens (including phenoxy) is 2. The van der Waals surface area contributed by atoms with Gasteiger partial charge in [0.25, 0.3) is 0 Å². The van der Waals surface area contributed by atoms with E-state index in [4.69, 9.17) is 9.47 Å². The molecule has 0 unspecified atom stereocenters. The predicted molar refractivity (Wildman–Crippen MR) is 84.7 cm³/mol. The minimum Gasteiger partial charge on any atom is -0.496 e. The summed E-state index contributed by atoms with van der Waals surface area (Å²) in [7, 11) is 1.55. The van der Waals surface area contributed by atoms with Crippen molar-refractivity contribution < 1.29 is 24.2 Å². The first kappa shape index (κ1) is 17.1. The van der Waals surface area contributed by atoms with Gasteiger partial charge in [-0.25, -0.2) is 4.79 Å². The maximum absolute atomic E-state index is 12.2. The molecule has 1 aliphatic rings. The monoisotopic (exact) mass is 321 g/mol. The van der Waals surface area contributed by atoms with Crippen LogP contribution in [0.4, 0.5) is 4.79 Å². The highest BCUT2D eigenvalue weighted by Gasteiger charge is 2.42. The lowest BCUT2D eigenvalue weighted by Crippen LogP contribution is -2.35. The first-order valence-electron chi connectivity index (χ1n) is 7.56. The number of benzene rings is 1. The van der Waals surface area contributed by atoms with E-state index in [1.165, 1.54) is 4.90 Å². The molecule has 1 amide bonds. The molecular weight excluding hydrogens is 298 g/mol. The van der Waals surface area contributed by atoms with Crippen LogP contribution in [0, 0.1) is 5.92 Å². The van der Waals surface area contributed by atoms with Gasteiger partial charge in [0.05, 0.1) is 13.0 Å². The molecule has 0 radical (unpaired) electrons. The van der Waals surface area contributed by atoms with E-state index in [1.807, 2.05) is 18.2 Å². The number of methoxy groups -OCH3 is 1. The number of likely N-dealkylation sites (tertiary alicyclic amines) is 1. The number of carboxylic acid groups (broad SMARTS) is 1. The highest BCUT2D eigenvalue weighted by Crippen LogP contribution is 2.38. The number of rotatable bonds is 3. The van der Waals surface area contributed by atoms with Gasteiger partial charge >= 0.3 is 12.1 Å². The van der Waals surface area contributed by atoms with Crippen LogP contribution in [0.15, 0.2) is 24.3 Å². The first-order valence-corrected chi connectivity index (χ1v) is 7.56. The number of carbonyl (C=O) groups excluding carboxylic acids is 1. The maximum Gasteiger partial charge on any atom is 0.410 e. The summed E-state index contributed by atoms with van der Waals surface area (Å²) in [5, 5.41) is 9.52. The Morgan fingerprint density at radius 2 is 1.87 bits per heavy atom. The molecule has 1 aliphatic heterocycles. The number of hydrogen-bond donors (Lipinski definition) is 1. The highest BCUT2D eigenvalue weighted by atomic mass is 16.6. The lowest BCUT2D eigenvalue weighted by Gasteiger charge is -2.24. The predicted octanol–water partition coefficient (Wildman–Crippen LogP) is 2.73. The van der Waals surface area contributed by atoms with Crippen molar-refractivity contribution >= 4 is 12.1 Å². The number of carbonyl (C=O) groups is 2. The summed E-state index contributed by atoms with van der Waals surface area (Å²) in [6.45, 7) is 5.79. The van der Waals surface area contributed by atoms with Gasteiger partial charge in [-0.15, -0.1) is 0 Å². The average Bonchev–Trinajstić information content (AvgIpc) is 2.90. The number of carboxylic acids is 1. The minimum absolute atomic E-state index is 0.132. The summed E-state index contributed by atoms with van der Waals surface area (Å²) in [5.41, 5.74) is 0.187. The fourth-order valence-electron chi connectivity index (χ4n) is 2.82. The second kappa shape index (κ2) is 6.48. The van der Waals surface area contributed by atoms with Crippen LogP contribution in [0.5, 0.6) is 5.75 Å². The molecule has 1 aromatic rings. The number of para-hydroxylation sites is 1. The van der Waals surface area contributed by atoms with Crippen LogP contribution in [-0.2, 0) is 9.53 Å². The Balaban J connectivity index is 2.25. The number of amides is 1. The van der Waals surface area contributed by atoms with Crippen LogP contribution < -0.4 is 4.74 Å². The van der Waals surface area contributed by atoms with E-state index >= 15 is 0 Å². The molecule has 6 nitrogen and oxygen atoms in total. The van der Waals surface area contributed by atoms with Gasteiger partial charge in [0.1, 0.15) is 11.4 Å². The van der Waals surface area contributed by atoms with Crippen molar-refractivity contribution in [2.75, 3.05) is 20.2 Å². The van der Waals surface area contributed by atoms with E-state index < -0.39 is 23.6 Å². The van der Waals surface area contributed by atoms with Crippen LogP contribution in [0.25, 0.3) is 0 Å². The molecule has 23 heavy (non-hydrogen) atoms. The summed E-state index contributed by atoms with van der Waals surface area (Å²) in [5.74, 6) is -1.29. The Morgan fingerprint density at radius 3 is 2.43 bits per heavy atom. The second-order valence-electron chi connectivity index (χ2n) is 6.68. The Kier molecular flexibility index (Phi) is 4.82. The molecule has 0 aliphatic carbocycles. The van der Waals surface area contributed by atoms with Crippen LogP contribution in [0.1, 0.15) is 32.3 Å². The fraction of sp³-hybridized carbons (Fsp3) is 0.529. The molecule has 1 saturated heterocycles. The van der Waals surface area contributed by atoms with Crippen molar-refractivity contribution in [1.82, 2.24) is 4.90 Å². The molecule has 126 valence electrons. The third kappa shape index (κ3) is 3.94. The van der Waals surface area contributed by atoms with Crippen molar-refractivity contribution in [3.63, 3.8) is 0 Å². The number of nitrogens with zero attached hydrogens (tertiary/aromatic N) is 1. The molecule has 1 N–H and O–H groups in total. The molecule has 1 fully saturated rings. The van der Waals surface area contributed by atoms with E-state index in [9.17, 15) is 14.7 Å². The summed E-state index contributed by atoms with van der Waals surface area (Å²) < 4.78 is 10.7. The molecule has 6 heteroatoms.